The molecule has 0 spiro atoms. The second kappa shape index (κ2) is 8.59. The summed E-state index contributed by atoms with van der Waals surface area (Å²) in [5, 5.41) is 1.22. The molecule has 0 aliphatic carbocycles. The van der Waals surface area contributed by atoms with Crippen molar-refractivity contribution in [2.45, 2.75) is 38.3 Å². The normalized spacial score (nSPS) is 16.8. The minimum atomic E-state index is -0.270. The Morgan fingerprint density at radius 2 is 2.00 bits per heavy atom. The van der Waals surface area contributed by atoms with Crippen molar-refractivity contribution in [1.29, 1.82) is 0 Å². The van der Waals surface area contributed by atoms with Crippen LogP contribution in [0.2, 0.25) is 0 Å². The third kappa shape index (κ3) is 4.49. The Morgan fingerprint density at radius 1 is 1.24 bits per heavy atom. The number of fused-ring (bicyclic) bond motifs is 1. The van der Waals surface area contributed by atoms with Crippen LogP contribution in [0.25, 0.3) is 10.2 Å². The molecule has 1 amide bonds. The summed E-state index contributed by atoms with van der Waals surface area (Å²) in [6.07, 6.45) is 2.04. The van der Waals surface area contributed by atoms with Gasteiger partial charge in [-0.15, -0.1) is 11.3 Å². The number of likely N-dealkylation sites (tertiary alicyclic amines) is 1. The molecule has 0 radical (unpaired) electrons. The Bertz CT molecular complexity index is 963. The van der Waals surface area contributed by atoms with Crippen LogP contribution in [0, 0.1) is 5.82 Å². The van der Waals surface area contributed by atoms with Crippen molar-refractivity contribution < 1.29 is 9.18 Å². The first-order valence-corrected chi connectivity index (χ1v) is 10.9. The van der Waals surface area contributed by atoms with Crippen LogP contribution in [0.1, 0.15) is 36.3 Å². The largest absolute Gasteiger partial charge is 0.340 e. The van der Waals surface area contributed by atoms with Crippen molar-refractivity contribution in [1.82, 2.24) is 14.8 Å². The van der Waals surface area contributed by atoms with Crippen LogP contribution >= 0.6 is 11.3 Å². The molecule has 2 aromatic carbocycles. The quantitative estimate of drug-likeness (QED) is 0.613. The van der Waals surface area contributed by atoms with Crippen molar-refractivity contribution >= 4 is 27.5 Å². The molecule has 1 saturated heterocycles. The third-order valence-corrected chi connectivity index (χ3v) is 6.98. The summed E-state index contributed by atoms with van der Waals surface area (Å²) in [5.41, 5.74) is 1.89. The van der Waals surface area contributed by atoms with E-state index in [9.17, 15) is 9.18 Å². The molecule has 2 heterocycles. The number of hydrogen-bond donors (Lipinski definition) is 0. The first kappa shape index (κ1) is 20.0. The lowest BCUT2D eigenvalue weighted by Crippen LogP contribution is -2.48. The van der Waals surface area contributed by atoms with Crippen LogP contribution in [0.4, 0.5) is 4.39 Å². The molecule has 29 heavy (non-hydrogen) atoms. The average Bonchev–Trinajstić information content (AvgIpc) is 3.17. The van der Waals surface area contributed by atoms with Crippen molar-refractivity contribution in [3.05, 3.63) is 64.9 Å². The summed E-state index contributed by atoms with van der Waals surface area (Å²) in [6.45, 7) is 4.17. The minimum absolute atomic E-state index is 0.0766. The summed E-state index contributed by atoms with van der Waals surface area (Å²) in [5.74, 6) is 0.275. The Kier molecular flexibility index (Phi) is 5.92. The molecular weight excluding hydrogens is 385 g/mol. The molecule has 4 rings (SSSR count). The molecule has 1 aliphatic heterocycles. The molecule has 152 valence electrons. The maximum Gasteiger partial charge on any atom is 0.239 e. The van der Waals surface area contributed by atoms with Gasteiger partial charge in [-0.3, -0.25) is 9.69 Å². The zero-order chi connectivity index (χ0) is 20.4. The highest BCUT2D eigenvalue weighted by molar-refractivity contribution is 7.18. The van der Waals surface area contributed by atoms with Gasteiger partial charge in [0, 0.05) is 19.5 Å². The number of halogens is 1. The monoisotopic (exact) mass is 411 g/mol. The van der Waals surface area contributed by atoms with E-state index in [0.717, 1.165) is 37.0 Å². The zero-order valence-electron chi connectivity index (χ0n) is 16.8. The lowest BCUT2D eigenvalue weighted by molar-refractivity contribution is -0.136. The van der Waals surface area contributed by atoms with Gasteiger partial charge in [0.2, 0.25) is 5.91 Å². The predicted octanol–water partition coefficient (Wildman–Crippen LogP) is 4.66. The number of nitrogens with zero attached hydrogens (tertiary/aromatic N) is 3. The zero-order valence-corrected chi connectivity index (χ0v) is 17.7. The van der Waals surface area contributed by atoms with E-state index in [0.29, 0.717) is 12.5 Å². The van der Waals surface area contributed by atoms with Crippen molar-refractivity contribution in [3.63, 3.8) is 0 Å². The van der Waals surface area contributed by atoms with E-state index < -0.39 is 0 Å². The number of rotatable bonds is 5. The number of aromatic nitrogens is 1. The number of likely N-dealkylation sites (N-methyl/N-ethyl adjacent to an activating group) is 1. The van der Waals surface area contributed by atoms with Crippen LogP contribution < -0.4 is 0 Å². The Morgan fingerprint density at radius 3 is 2.72 bits per heavy atom. The van der Waals surface area contributed by atoms with Gasteiger partial charge in [-0.05, 0) is 62.7 Å². The first-order chi connectivity index (χ1) is 14.0. The fourth-order valence-electron chi connectivity index (χ4n) is 4.06. The Labute approximate surface area is 175 Å². The smallest absolute Gasteiger partial charge is 0.239 e. The molecular formula is C23H26FN3OS. The van der Waals surface area contributed by atoms with Crippen LogP contribution in [-0.2, 0) is 11.3 Å². The van der Waals surface area contributed by atoms with Gasteiger partial charge in [0.25, 0.3) is 0 Å². The summed E-state index contributed by atoms with van der Waals surface area (Å²) in [4.78, 5) is 21.7. The molecule has 0 N–H and O–H groups in total. The van der Waals surface area contributed by atoms with E-state index in [1.54, 1.807) is 29.4 Å². The first-order valence-electron chi connectivity index (χ1n) is 10.1. The molecule has 1 aliphatic rings. The van der Waals surface area contributed by atoms with Gasteiger partial charge in [0.05, 0.1) is 21.3 Å². The van der Waals surface area contributed by atoms with E-state index in [4.69, 9.17) is 4.98 Å². The molecule has 6 heteroatoms. The predicted molar refractivity (Wildman–Crippen MR) is 116 cm³/mol. The molecule has 1 atom stereocenters. The number of thiazole rings is 1. The highest BCUT2D eigenvalue weighted by Gasteiger charge is 2.30. The van der Waals surface area contributed by atoms with E-state index in [1.165, 1.54) is 21.8 Å². The lowest BCUT2D eigenvalue weighted by atomic mass is 9.96. The standard InChI is InChI=1S/C23H26FN3OS/c1-16(23(28)26(2)15-17-6-5-7-19(24)14-17)27-12-10-18(11-13-27)22-25-20-8-3-4-9-21(20)29-22/h3-9,14,16,18H,10-13,15H2,1-2H3/t16-/m0/s1. The topological polar surface area (TPSA) is 36.4 Å². The maximum atomic E-state index is 13.4. The summed E-state index contributed by atoms with van der Waals surface area (Å²) >= 11 is 1.79. The second-order valence-corrected chi connectivity index (χ2v) is 8.89. The van der Waals surface area contributed by atoms with Gasteiger partial charge in [0.1, 0.15) is 5.82 Å². The SMILES string of the molecule is C[C@@H](C(=O)N(C)Cc1cccc(F)c1)N1CCC(c2nc3ccccc3s2)CC1. The summed E-state index contributed by atoms with van der Waals surface area (Å²) < 4.78 is 14.6. The summed E-state index contributed by atoms with van der Waals surface area (Å²) in [6, 6.07) is 14.5. The highest BCUT2D eigenvalue weighted by atomic mass is 32.1. The van der Waals surface area contributed by atoms with Gasteiger partial charge in [-0.1, -0.05) is 24.3 Å². The summed E-state index contributed by atoms with van der Waals surface area (Å²) in [7, 11) is 1.79. The molecule has 1 fully saturated rings. The van der Waals surface area contributed by atoms with E-state index in [1.807, 2.05) is 19.1 Å². The molecule has 0 saturated carbocycles. The van der Waals surface area contributed by atoms with Crippen LogP contribution in [0.15, 0.2) is 48.5 Å². The van der Waals surface area contributed by atoms with Gasteiger partial charge >= 0.3 is 0 Å². The van der Waals surface area contributed by atoms with Crippen LogP contribution in [0.5, 0.6) is 0 Å². The van der Waals surface area contributed by atoms with E-state index in [2.05, 4.69) is 23.1 Å². The Balaban J connectivity index is 1.34. The average molecular weight is 412 g/mol. The van der Waals surface area contributed by atoms with Crippen LogP contribution in [0.3, 0.4) is 0 Å². The van der Waals surface area contributed by atoms with Gasteiger partial charge in [0.15, 0.2) is 0 Å². The third-order valence-electron chi connectivity index (χ3n) is 5.78. The Hall–Kier alpha value is -2.31. The van der Waals surface area contributed by atoms with Crippen molar-refractivity contribution in [2.24, 2.45) is 0 Å². The van der Waals surface area contributed by atoms with E-state index in [-0.39, 0.29) is 17.8 Å². The fourth-order valence-corrected chi connectivity index (χ4v) is 5.20. The second-order valence-electron chi connectivity index (χ2n) is 7.83. The highest BCUT2D eigenvalue weighted by Crippen LogP contribution is 2.34. The van der Waals surface area contributed by atoms with Gasteiger partial charge in [-0.2, -0.15) is 0 Å². The van der Waals surface area contributed by atoms with Crippen molar-refractivity contribution in [2.75, 3.05) is 20.1 Å². The fraction of sp³-hybridized carbons (Fsp3) is 0.391. The molecule has 3 aromatic rings. The lowest BCUT2D eigenvalue weighted by Gasteiger charge is -2.36. The number of benzene rings is 2. The van der Waals surface area contributed by atoms with Gasteiger partial charge < -0.3 is 4.90 Å². The number of carbonyl (C=O) groups is 1. The maximum absolute atomic E-state index is 13.4. The molecule has 1 aromatic heterocycles. The molecule has 0 bridgehead atoms. The molecule has 0 unspecified atom stereocenters. The molecule has 4 nitrogen and oxygen atoms in total. The van der Waals surface area contributed by atoms with E-state index >= 15 is 0 Å². The van der Waals surface area contributed by atoms with Gasteiger partial charge in [-0.25, -0.2) is 9.37 Å². The number of piperidine rings is 1. The number of para-hydroxylation sites is 1. The minimum Gasteiger partial charge on any atom is -0.340 e. The number of hydrogen-bond acceptors (Lipinski definition) is 4. The van der Waals surface area contributed by atoms with Crippen molar-refractivity contribution in [3.8, 4) is 0 Å². The van der Waals surface area contributed by atoms with Crippen LogP contribution in [-0.4, -0.2) is 46.9 Å². The number of amides is 1. The number of carbonyl (C=O) groups excluding carboxylic acids is 1.